The van der Waals surface area contributed by atoms with E-state index in [4.69, 9.17) is 13.3 Å². The van der Waals surface area contributed by atoms with Gasteiger partial charge in [-0.3, -0.25) is 0 Å². The summed E-state index contributed by atoms with van der Waals surface area (Å²) in [5.74, 6) is 0. The van der Waals surface area contributed by atoms with Crippen molar-refractivity contribution in [2.45, 2.75) is 62.2 Å². The normalized spacial score (nSPS) is 13.9. The van der Waals surface area contributed by atoms with Gasteiger partial charge in [-0.15, -0.1) is 0 Å². The van der Waals surface area contributed by atoms with Crippen LogP contribution in [0.25, 0.3) is 188 Å². The van der Waals surface area contributed by atoms with Crippen molar-refractivity contribution in [2.75, 3.05) is 4.90 Å². The summed E-state index contributed by atoms with van der Waals surface area (Å²) in [6.45, 7) is 13.0. The molecule has 7 heterocycles. The minimum Gasteiger partial charge on any atom is -0.455 e. The maximum absolute atomic E-state index is 10.0. The predicted molar refractivity (Wildman–Crippen MR) is 497 cm³/mol. The molecule has 0 N–H and O–H groups in total. The van der Waals surface area contributed by atoms with Gasteiger partial charge < -0.3 is 27.3 Å². The van der Waals surface area contributed by atoms with Crippen LogP contribution in [0.1, 0.15) is 63.6 Å². The molecule has 0 unspecified atom stereocenters. The second kappa shape index (κ2) is 25.7. The molecule has 558 valence electrons. The fourth-order valence-corrected chi connectivity index (χ4v) is 20.4. The number of anilines is 3. The lowest BCUT2D eigenvalue weighted by Crippen LogP contribution is -2.60. The lowest BCUT2D eigenvalue weighted by molar-refractivity contribution is 0.590. The molecule has 24 rings (SSSR count). The summed E-state index contributed by atoms with van der Waals surface area (Å²) < 4.78 is 102. The lowest BCUT2D eigenvalue weighted by Gasteiger charge is -2.42. The van der Waals surface area contributed by atoms with Crippen molar-refractivity contribution in [3.8, 4) is 78.1 Å². The van der Waals surface area contributed by atoms with Gasteiger partial charge in [0.2, 0.25) is 6.71 Å². The maximum atomic E-state index is 10.0. The molecule has 0 fully saturated rings. The molecule has 17 aromatic carbocycles. The third-order valence-electron chi connectivity index (χ3n) is 24.7. The Balaban J connectivity index is 0.870. The molecular formula is C110H76BN3O3S. The van der Waals surface area contributed by atoms with Gasteiger partial charge in [-0.05, 0) is 175 Å². The minimum absolute atomic E-state index is 0.0121. The summed E-state index contributed by atoms with van der Waals surface area (Å²) in [5.41, 5.74) is 26.6. The van der Waals surface area contributed by atoms with Gasteiger partial charge in [0.15, 0.2) is 0 Å². The van der Waals surface area contributed by atoms with E-state index < -0.39 is 55.1 Å². The van der Waals surface area contributed by atoms with Crippen LogP contribution < -0.4 is 21.3 Å². The first-order chi connectivity index (χ1) is 61.1. The molecule has 8 heteroatoms. The van der Waals surface area contributed by atoms with Crippen LogP contribution in [0.15, 0.2) is 375 Å². The summed E-state index contributed by atoms with van der Waals surface area (Å²) in [5, 5.41) is 8.26. The van der Waals surface area contributed by atoms with Crippen molar-refractivity contribution in [3.63, 3.8) is 0 Å². The fourth-order valence-electron chi connectivity index (χ4n) is 19.1. The molecule has 0 spiro atoms. The number of para-hydroxylation sites is 9. The molecule has 5 aromatic heterocycles. The molecule has 0 saturated carbocycles. The standard InChI is InChI=1S/C110H76BN3O3S/c1-109(2,3)71-49-53-95-88(60-71)89-61-72(110(4,5)6)50-54-96(89)113(95)74-63-98-103-102(64-74)118-108-90(87-43-26-42-86-83-35-17-22-48-101(83)117-107(86)87)58-68(67-55-69(77-38-24-40-84-81-33-15-20-46-99(81)115-105(77)84)57-70(56-67)78-39-25-41-85-82-34-16-21-47-100(82)116-106(78)85)59-92(108)111(103)91-52-51-73(112-93-44-18-13-31-79(93)80-32-14-19-45-94(80)112)62-97(91)114(98)104-75(65-27-9-7-10-28-65)36-23-37-76(104)66-29-11-8-12-30-66/h7-64H,1-6H3/i13D,14D,18D,19D,31D,32D,44D,45D. The van der Waals surface area contributed by atoms with E-state index in [0.717, 1.165) is 198 Å². The Hall–Kier alpha value is -14.0. The highest BCUT2D eigenvalue weighted by Crippen LogP contribution is 2.54. The Kier molecular flexibility index (Phi) is 13.2. The third-order valence-corrected chi connectivity index (χ3v) is 25.9. The number of hydrogen-bond donors (Lipinski definition) is 0. The zero-order valence-electron chi connectivity index (χ0n) is 73.4. The van der Waals surface area contributed by atoms with Crippen molar-refractivity contribution in [1.82, 2.24) is 9.13 Å². The average molecular weight is 1540 g/mol. The van der Waals surface area contributed by atoms with Crippen molar-refractivity contribution < 1.29 is 24.2 Å². The zero-order valence-corrected chi connectivity index (χ0v) is 66.2. The van der Waals surface area contributed by atoms with E-state index >= 15 is 0 Å². The molecule has 0 bridgehead atoms. The molecule has 2 aliphatic heterocycles. The lowest BCUT2D eigenvalue weighted by atomic mass is 9.34. The van der Waals surface area contributed by atoms with E-state index in [0.29, 0.717) is 11.4 Å². The topological polar surface area (TPSA) is 52.5 Å². The number of nitrogens with zero attached hydrogens (tertiary/aromatic N) is 3. The van der Waals surface area contributed by atoms with E-state index in [9.17, 15) is 11.0 Å². The van der Waals surface area contributed by atoms with Gasteiger partial charge in [0.1, 0.15) is 33.5 Å². The molecule has 118 heavy (non-hydrogen) atoms. The second-order valence-corrected chi connectivity index (χ2v) is 34.6. The van der Waals surface area contributed by atoms with Crippen molar-refractivity contribution >= 4 is 161 Å². The minimum atomic E-state index is -0.607. The molecule has 6 nitrogen and oxygen atoms in total. The van der Waals surface area contributed by atoms with E-state index in [-0.39, 0.29) is 32.6 Å². The predicted octanol–water partition coefficient (Wildman–Crippen LogP) is 28.9. The average Bonchev–Trinajstić information content (AvgIpc) is 0.924. The number of aromatic nitrogens is 2. The Labute approximate surface area is 698 Å². The third kappa shape index (κ3) is 10.4. The van der Waals surface area contributed by atoms with Gasteiger partial charge in [0.25, 0.3) is 0 Å². The van der Waals surface area contributed by atoms with Crippen LogP contribution in [0.3, 0.4) is 0 Å². The SMILES string of the molecule is [2H]c1c([2H])c([2H])c2c(c1[2H])c1c([2H])c([2H])c([2H])c([2H])c1n2-c1ccc2c(c1)N(c1c(-c3ccccc3)cccc1-c1ccccc1)c1cc(-n3c4ccc(C(C)(C)C)cc4c4cc(C(C)(C)C)ccc43)cc3c1B2c1cc(-c2cc(-c4cccc5c4oc4ccccc45)cc(-c4cccc5c4oc4ccccc45)c2)cc(-c2cccc4c2oc2ccccc24)c1S3. The summed E-state index contributed by atoms with van der Waals surface area (Å²) in [6, 6.07) is 105. The number of hydrogen-bond acceptors (Lipinski definition) is 5. The highest BCUT2D eigenvalue weighted by molar-refractivity contribution is 8.00. The van der Waals surface area contributed by atoms with Crippen LogP contribution >= 0.6 is 11.8 Å². The molecule has 2 aliphatic rings. The van der Waals surface area contributed by atoms with Crippen LogP contribution in [-0.2, 0) is 10.8 Å². The van der Waals surface area contributed by atoms with Crippen LogP contribution in [0.2, 0.25) is 0 Å². The van der Waals surface area contributed by atoms with Gasteiger partial charge in [0, 0.05) is 114 Å². The number of benzene rings is 17. The van der Waals surface area contributed by atoms with Gasteiger partial charge >= 0.3 is 0 Å². The fraction of sp³-hybridized carbons (Fsp3) is 0.0727. The van der Waals surface area contributed by atoms with E-state index in [1.54, 1.807) is 16.3 Å². The van der Waals surface area contributed by atoms with Gasteiger partial charge in [-0.25, -0.2) is 0 Å². The molecule has 0 aliphatic carbocycles. The summed E-state index contributed by atoms with van der Waals surface area (Å²) >= 11 is 1.77. The van der Waals surface area contributed by atoms with Crippen LogP contribution in [0.5, 0.6) is 0 Å². The Morgan fingerprint density at radius 2 is 0.746 bits per heavy atom. The Morgan fingerprint density at radius 1 is 0.305 bits per heavy atom. The van der Waals surface area contributed by atoms with Gasteiger partial charge in [0.05, 0.1) is 38.7 Å². The van der Waals surface area contributed by atoms with E-state index in [1.807, 2.05) is 54.6 Å². The zero-order chi connectivity index (χ0) is 85.5. The van der Waals surface area contributed by atoms with E-state index in [2.05, 4.69) is 300 Å². The monoisotopic (exact) mass is 1540 g/mol. The number of rotatable bonds is 9. The Bertz CT molecular complexity index is 8200. The molecule has 0 atom stereocenters. The summed E-state index contributed by atoms with van der Waals surface area (Å²) in [6.07, 6.45) is 0. The first-order valence-corrected chi connectivity index (χ1v) is 41.1. The maximum Gasteiger partial charge on any atom is 0.249 e. The summed E-state index contributed by atoms with van der Waals surface area (Å²) in [4.78, 5) is 4.44. The van der Waals surface area contributed by atoms with Crippen LogP contribution in [-0.4, -0.2) is 15.8 Å². The Morgan fingerprint density at radius 3 is 1.28 bits per heavy atom. The van der Waals surface area contributed by atoms with Crippen molar-refractivity contribution in [2.24, 2.45) is 0 Å². The number of furan rings is 3. The first-order valence-electron chi connectivity index (χ1n) is 44.3. The molecule has 0 radical (unpaired) electrons. The van der Waals surface area contributed by atoms with Crippen molar-refractivity contribution in [1.29, 1.82) is 0 Å². The van der Waals surface area contributed by atoms with E-state index in [1.165, 1.54) is 11.1 Å². The van der Waals surface area contributed by atoms with Crippen LogP contribution in [0.4, 0.5) is 17.1 Å². The molecule has 0 saturated heterocycles. The highest BCUT2D eigenvalue weighted by atomic mass is 32.2. The number of fused-ring (bicyclic) bond motifs is 19. The largest absolute Gasteiger partial charge is 0.455 e. The van der Waals surface area contributed by atoms with Gasteiger partial charge in [-0.1, -0.05) is 307 Å². The van der Waals surface area contributed by atoms with Crippen molar-refractivity contribution in [3.05, 3.63) is 363 Å². The molecule has 0 amide bonds. The van der Waals surface area contributed by atoms with Gasteiger partial charge in [-0.2, -0.15) is 0 Å². The highest BCUT2D eigenvalue weighted by Gasteiger charge is 2.45. The molecular weight excluding hydrogens is 1450 g/mol. The summed E-state index contributed by atoms with van der Waals surface area (Å²) in [7, 11) is 0. The quantitative estimate of drug-likeness (QED) is 0.135. The first kappa shape index (κ1) is 60.5. The second-order valence-electron chi connectivity index (χ2n) is 33.6. The molecule has 22 aromatic rings. The van der Waals surface area contributed by atoms with Crippen LogP contribution in [0, 0.1) is 0 Å². The smallest absolute Gasteiger partial charge is 0.249 e.